The van der Waals surface area contributed by atoms with E-state index in [1.54, 1.807) is 4.90 Å². The van der Waals surface area contributed by atoms with Crippen LogP contribution >= 0.6 is 0 Å². The van der Waals surface area contributed by atoms with Crippen LogP contribution in [0.5, 0.6) is 0 Å². The summed E-state index contributed by atoms with van der Waals surface area (Å²) in [4.78, 5) is 28.8. The van der Waals surface area contributed by atoms with Crippen LogP contribution in [-0.2, 0) is 16.0 Å². The molecule has 2 amide bonds. The maximum atomic E-state index is 12.8. The van der Waals surface area contributed by atoms with E-state index in [1.807, 2.05) is 17.0 Å². The predicted molar refractivity (Wildman–Crippen MR) is 90.3 cm³/mol. The molecule has 0 radical (unpaired) electrons. The van der Waals surface area contributed by atoms with E-state index in [0.29, 0.717) is 13.0 Å². The molecular formula is C18H25N3O2. The fourth-order valence-corrected chi connectivity index (χ4v) is 3.44. The number of hydrogen-bond donors (Lipinski definition) is 1. The highest BCUT2D eigenvalue weighted by atomic mass is 16.2. The molecule has 5 heteroatoms. The summed E-state index contributed by atoms with van der Waals surface area (Å²) in [5.74, 6) is -0.0377. The van der Waals surface area contributed by atoms with Crippen molar-refractivity contribution in [2.45, 2.75) is 32.7 Å². The van der Waals surface area contributed by atoms with Crippen LogP contribution in [0.15, 0.2) is 24.3 Å². The number of aryl methyl sites for hydroxylation is 1. The molecule has 0 spiro atoms. The molecule has 0 bridgehead atoms. The average Bonchev–Trinajstić information content (AvgIpc) is 2.96. The van der Waals surface area contributed by atoms with E-state index in [0.717, 1.165) is 31.7 Å². The van der Waals surface area contributed by atoms with Crippen LogP contribution in [0.25, 0.3) is 0 Å². The maximum Gasteiger partial charge on any atom is 0.228 e. The Kier molecular flexibility index (Phi) is 4.66. The monoisotopic (exact) mass is 315 g/mol. The standard InChI is InChI=1S/C18H25N3O2/c1-3-14-4-6-16(7-5-14)21-12-15(10-17(21)22)18(23)20-9-8-19-11-13(20)2/h4-7,13,15,19H,3,8-12H2,1-2H3/t13-,15?/m1/s1. The summed E-state index contributed by atoms with van der Waals surface area (Å²) in [7, 11) is 0. The number of carbonyl (C=O) groups is 2. The highest BCUT2D eigenvalue weighted by molar-refractivity contribution is 6.00. The number of carbonyl (C=O) groups excluding carboxylic acids is 2. The van der Waals surface area contributed by atoms with Gasteiger partial charge in [0.05, 0.1) is 5.92 Å². The molecule has 3 rings (SSSR count). The number of rotatable bonds is 3. The second-order valence-corrected chi connectivity index (χ2v) is 6.51. The minimum Gasteiger partial charge on any atom is -0.337 e. The molecule has 2 heterocycles. The van der Waals surface area contributed by atoms with Gasteiger partial charge in [0.1, 0.15) is 0 Å². The van der Waals surface area contributed by atoms with Gasteiger partial charge in [0.25, 0.3) is 0 Å². The van der Waals surface area contributed by atoms with Crippen LogP contribution in [0.1, 0.15) is 25.8 Å². The number of piperazine rings is 1. The lowest BCUT2D eigenvalue weighted by molar-refractivity contribution is -0.138. The molecule has 2 aliphatic heterocycles. The molecule has 1 unspecified atom stereocenters. The van der Waals surface area contributed by atoms with E-state index >= 15 is 0 Å². The summed E-state index contributed by atoms with van der Waals surface area (Å²) in [6.07, 6.45) is 1.31. The van der Waals surface area contributed by atoms with E-state index in [4.69, 9.17) is 0 Å². The molecule has 0 aromatic heterocycles. The first-order valence-electron chi connectivity index (χ1n) is 8.50. The second-order valence-electron chi connectivity index (χ2n) is 6.51. The zero-order valence-corrected chi connectivity index (χ0v) is 13.9. The Hall–Kier alpha value is -1.88. The molecule has 1 aromatic rings. The number of amides is 2. The van der Waals surface area contributed by atoms with Gasteiger partial charge in [0.15, 0.2) is 0 Å². The summed E-state index contributed by atoms with van der Waals surface area (Å²) < 4.78 is 0. The van der Waals surface area contributed by atoms with Crippen molar-refractivity contribution in [3.63, 3.8) is 0 Å². The lowest BCUT2D eigenvalue weighted by Crippen LogP contribution is -2.54. The lowest BCUT2D eigenvalue weighted by atomic mass is 10.0. The average molecular weight is 315 g/mol. The first kappa shape index (κ1) is 16.0. The van der Waals surface area contributed by atoms with Crippen molar-refractivity contribution < 1.29 is 9.59 Å². The van der Waals surface area contributed by atoms with Gasteiger partial charge in [-0.1, -0.05) is 19.1 Å². The van der Waals surface area contributed by atoms with Crippen molar-refractivity contribution in [3.8, 4) is 0 Å². The Labute approximate surface area is 137 Å². The molecule has 23 heavy (non-hydrogen) atoms. The summed E-state index contributed by atoms with van der Waals surface area (Å²) in [6, 6.07) is 8.27. The minimum absolute atomic E-state index is 0.0513. The fraction of sp³-hybridized carbons (Fsp3) is 0.556. The van der Waals surface area contributed by atoms with Crippen LogP contribution in [0.4, 0.5) is 5.69 Å². The third-order valence-corrected chi connectivity index (χ3v) is 4.91. The maximum absolute atomic E-state index is 12.8. The quantitative estimate of drug-likeness (QED) is 0.918. The van der Waals surface area contributed by atoms with E-state index in [9.17, 15) is 9.59 Å². The fourth-order valence-electron chi connectivity index (χ4n) is 3.44. The third kappa shape index (κ3) is 3.24. The van der Waals surface area contributed by atoms with Gasteiger partial charge in [-0.3, -0.25) is 9.59 Å². The zero-order valence-electron chi connectivity index (χ0n) is 13.9. The largest absolute Gasteiger partial charge is 0.337 e. The van der Waals surface area contributed by atoms with Crippen molar-refractivity contribution in [1.29, 1.82) is 0 Å². The summed E-state index contributed by atoms with van der Waals surface area (Å²) in [5.41, 5.74) is 2.15. The number of benzene rings is 1. The van der Waals surface area contributed by atoms with Crippen LogP contribution in [0.2, 0.25) is 0 Å². The molecule has 2 atom stereocenters. The van der Waals surface area contributed by atoms with Crippen LogP contribution in [0.3, 0.4) is 0 Å². The van der Waals surface area contributed by atoms with Gasteiger partial charge in [-0.2, -0.15) is 0 Å². The Morgan fingerprint density at radius 1 is 1.30 bits per heavy atom. The van der Waals surface area contributed by atoms with E-state index in [2.05, 4.69) is 31.3 Å². The summed E-state index contributed by atoms with van der Waals surface area (Å²) in [5, 5.41) is 3.29. The molecule has 2 saturated heterocycles. The molecule has 2 aliphatic rings. The molecule has 0 saturated carbocycles. The molecule has 124 valence electrons. The molecule has 2 fully saturated rings. The van der Waals surface area contributed by atoms with Gasteiger partial charge < -0.3 is 15.1 Å². The molecule has 1 aromatic carbocycles. The number of nitrogens with one attached hydrogen (secondary N) is 1. The minimum atomic E-state index is -0.214. The molecular weight excluding hydrogens is 290 g/mol. The van der Waals surface area contributed by atoms with E-state index in [-0.39, 0.29) is 23.8 Å². The van der Waals surface area contributed by atoms with E-state index < -0.39 is 0 Å². The molecule has 5 nitrogen and oxygen atoms in total. The van der Waals surface area contributed by atoms with Gasteiger partial charge in [-0.05, 0) is 31.0 Å². The SMILES string of the molecule is CCc1ccc(N2CC(C(=O)N3CCNC[C@H]3C)CC2=O)cc1. The Morgan fingerprint density at radius 3 is 2.70 bits per heavy atom. The third-order valence-electron chi connectivity index (χ3n) is 4.91. The Morgan fingerprint density at radius 2 is 2.04 bits per heavy atom. The highest BCUT2D eigenvalue weighted by Crippen LogP contribution is 2.27. The van der Waals surface area contributed by atoms with Gasteiger partial charge in [0.2, 0.25) is 11.8 Å². The first-order valence-corrected chi connectivity index (χ1v) is 8.50. The number of anilines is 1. The number of hydrogen-bond acceptors (Lipinski definition) is 3. The van der Waals surface area contributed by atoms with Crippen LogP contribution in [-0.4, -0.2) is 48.9 Å². The second kappa shape index (κ2) is 6.71. The van der Waals surface area contributed by atoms with Crippen molar-refractivity contribution >= 4 is 17.5 Å². The van der Waals surface area contributed by atoms with Gasteiger partial charge in [-0.15, -0.1) is 0 Å². The predicted octanol–water partition coefficient (Wildman–Crippen LogP) is 1.42. The summed E-state index contributed by atoms with van der Waals surface area (Å²) in [6.45, 7) is 7.06. The van der Waals surface area contributed by atoms with Gasteiger partial charge >= 0.3 is 0 Å². The molecule has 1 N–H and O–H groups in total. The molecule has 0 aliphatic carbocycles. The van der Waals surface area contributed by atoms with Crippen molar-refractivity contribution in [2.75, 3.05) is 31.1 Å². The van der Waals surface area contributed by atoms with Crippen LogP contribution < -0.4 is 10.2 Å². The Balaban J connectivity index is 1.70. The Bertz CT molecular complexity index is 584. The van der Waals surface area contributed by atoms with Crippen molar-refractivity contribution in [3.05, 3.63) is 29.8 Å². The summed E-state index contributed by atoms with van der Waals surface area (Å²) >= 11 is 0. The van der Waals surface area contributed by atoms with Crippen molar-refractivity contribution in [1.82, 2.24) is 10.2 Å². The van der Waals surface area contributed by atoms with E-state index in [1.165, 1.54) is 5.56 Å². The van der Waals surface area contributed by atoms with Gasteiger partial charge in [-0.25, -0.2) is 0 Å². The first-order chi connectivity index (χ1) is 11.1. The number of nitrogens with zero attached hydrogens (tertiary/aromatic N) is 2. The normalized spacial score (nSPS) is 25.0. The topological polar surface area (TPSA) is 52.7 Å². The van der Waals surface area contributed by atoms with Crippen LogP contribution in [0, 0.1) is 5.92 Å². The van der Waals surface area contributed by atoms with Gasteiger partial charge in [0, 0.05) is 44.3 Å². The zero-order chi connectivity index (χ0) is 16.4. The van der Waals surface area contributed by atoms with Crippen molar-refractivity contribution in [2.24, 2.45) is 5.92 Å². The smallest absolute Gasteiger partial charge is 0.228 e. The lowest BCUT2D eigenvalue weighted by Gasteiger charge is -2.35. The highest BCUT2D eigenvalue weighted by Gasteiger charge is 2.38.